The van der Waals surface area contributed by atoms with Gasteiger partial charge in [-0.1, -0.05) is 12.8 Å². The largest absolute Gasteiger partial charge is 0.243 e. The third kappa shape index (κ3) is 3.88. The molecule has 0 N–H and O–H groups in total. The Morgan fingerprint density at radius 1 is 0.607 bits per heavy atom. The zero-order chi connectivity index (χ0) is 20.7. The van der Waals surface area contributed by atoms with Gasteiger partial charge in [0.25, 0.3) is 0 Å². The third-order valence-corrected chi connectivity index (χ3v) is 10.5. The minimum absolute atomic E-state index is 0.0489. The van der Waals surface area contributed by atoms with Gasteiger partial charge in [0.1, 0.15) is 0 Å². The maximum atomic E-state index is 13.1. The molecule has 6 nitrogen and oxygen atoms in total. The van der Waals surface area contributed by atoms with E-state index in [9.17, 15) is 16.8 Å². The monoisotopic (exact) mass is 428 g/mol. The highest BCUT2D eigenvalue weighted by molar-refractivity contribution is 7.89. The fourth-order valence-corrected chi connectivity index (χ4v) is 8.53. The van der Waals surface area contributed by atoms with E-state index in [2.05, 4.69) is 0 Å². The first-order chi connectivity index (χ1) is 13.1. The molecule has 0 saturated carbocycles. The molecule has 0 aromatic heterocycles. The molecule has 8 heteroatoms. The van der Waals surface area contributed by atoms with Crippen LogP contribution in [0.2, 0.25) is 0 Å². The SMILES string of the molecule is CC1CCCC(C)N1S(=O)(=O)c1ccc(S(=O)(=O)N2C(C)CCCC2C)cc1. The number of sulfonamides is 2. The second-order valence-electron chi connectivity index (χ2n) is 8.40. The standard InChI is InChI=1S/C20H32N2O4S2/c1-15-7-5-8-16(2)21(15)27(23,24)19-11-13-20(14-12-19)28(25,26)22-17(3)9-6-10-18(22)4/h11-18H,5-10H2,1-4H3. The molecule has 0 bridgehead atoms. The van der Waals surface area contributed by atoms with Gasteiger partial charge in [-0.2, -0.15) is 8.61 Å². The number of hydrogen-bond acceptors (Lipinski definition) is 4. The lowest BCUT2D eigenvalue weighted by molar-refractivity contribution is 0.203. The summed E-state index contributed by atoms with van der Waals surface area (Å²) in [5.74, 6) is 0. The summed E-state index contributed by atoms with van der Waals surface area (Å²) in [5.41, 5.74) is 0. The van der Waals surface area contributed by atoms with E-state index < -0.39 is 20.0 Å². The molecule has 1 aromatic carbocycles. The Bertz CT molecular complexity index is 802. The van der Waals surface area contributed by atoms with E-state index in [0.717, 1.165) is 38.5 Å². The van der Waals surface area contributed by atoms with E-state index in [4.69, 9.17) is 0 Å². The van der Waals surface area contributed by atoms with Crippen LogP contribution in [0.3, 0.4) is 0 Å². The molecular formula is C20H32N2O4S2. The Balaban J connectivity index is 1.91. The number of hydrogen-bond donors (Lipinski definition) is 0. The summed E-state index contributed by atoms with van der Waals surface area (Å²) in [4.78, 5) is 0.318. The molecule has 0 radical (unpaired) electrons. The topological polar surface area (TPSA) is 74.8 Å². The van der Waals surface area contributed by atoms with Crippen LogP contribution in [-0.4, -0.2) is 49.6 Å². The van der Waals surface area contributed by atoms with Gasteiger partial charge in [0.05, 0.1) is 9.79 Å². The van der Waals surface area contributed by atoms with E-state index in [1.165, 1.54) is 24.3 Å². The second-order valence-corrected chi connectivity index (χ2v) is 12.1. The van der Waals surface area contributed by atoms with Crippen molar-refractivity contribution in [2.24, 2.45) is 0 Å². The summed E-state index contributed by atoms with van der Waals surface area (Å²) in [6, 6.07) is 5.56. The highest BCUT2D eigenvalue weighted by atomic mass is 32.2. The van der Waals surface area contributed by atoms with Crippen LogP contribution >= 0.6 is 0 Å². The maximum Gasteiger partial charge on any atom is 0.243 e. The van der Waals surface area contributed by atoms with Crippen molar-refractivity contribution >= 4 is 20.0 Å². The van der Waals surface area contributed by atoms with Crippen LogP contribution in [0.1, 0.15) is 66.2 Å². The molecule has 0 aliphatic carbocycles. The zero-order valence-corrected chi connectivity index (χ0v) is 18.8. The number of piperidine rings is 2. The molecule has 4 atom stereocenters. The second kappa shape index (κ2) is 8.05. The van der Waals surface area contributed by atoms with Gasteiger partial charge in [-0.3, -0.25) is 0 Å². The predicted molar refractivity (Wildman–Crippen MR) is 110 cm³/mol. The molecule has 4 unspecified atom stereocenters. The van der Waals surface area contributed by atoms with Gasteiger partial charge in [0, 0.05) is 24.2 Å². The molecule has 28 heavy (non-hydrogen) atoms. The Hall–Kier alpha value is -0.960. The molecule has 2 saturated heterocycles. The maximum absolute atomic E-state index is 13.1. The molecule has 2 fully saturated rings. The van der Waals surface area contributed by atoms with Crippen LogP contribution in [0.5, 0.6) is 0 Å². The first-order valence-corrected chi connectivity index (χ1v) is 13.1. The lowest BCUT2D eigenvalue weighted by atomic mass is 10.0. The summed E-state index contributed by atoms with van der Waals surface area (Å²) >= 11 is 0. The van der Waals surface area contributed by atoms with Crippen LogP contribution in [0.4, 0.5) is 0 Å². The fourth-order valence-electron chi connectivity index (χ4n) is 4.77. The van der Waals surface area contributed by atoms with Crippen molar-refractivity contribution < 1.29 is 16.8 Å². The van der Waals surface area contributed by atoms with Crippen molar-refractivity contribution in [2.45, 2.75) is 100 Å². The molecule has 3 rings (SSSR count). The smallest absolute Gasteiger partial charge is 0.207 e. The summed E-state index contributed by atoms with van der Waals surface area (Å²) in [7, 11) is -7.29. The van der Waals surface area contributed by atoms with Crippen LogP contribution in [0, 0.1) is 0 Å². The van der Waals surface area contributed by atoms with E-state index in [1.807, 2.05) is 27.7 Å². The van der Waals surface area contributed by atoms with Crippen LogP contribution in [0.15, 0.2) is 34.1 Å². The van der Waals surface area contributed by atoms with E-state index in [1.54, 1.807) is 8.61 Å². The van der Waals surface area contributed by atoms with E-state index in [-0.39, 0.29) is 34.0 Å². The molecule has 2 heterocycles. The molecule has 2 aliphatic rings. The van der Waals surface area contributed by atoms with Gasteiger partial charge in [-0.25, -0.2) is 16.8 Å². The lowest BCUT2D eigenvalue weighted by Gasteiger charge is -2.38. The van der Waals surface area contributed by atoms with Gasteiger partial charge < -0.3 is 0 Å². The zero-order valence-electron chi connectivity index (χ0n) is 17.2. The van der Waals surface area contributed by atoms with Gasteiger partial charge >= 0.3 is 0 Å². The number of benzene rings is 1. The molecule has 2 aliphatic heterocycles. The van der Waals surface area contributed by atoms with Crippen molar-refractivity contribution in [2.75, 3.05) is 0 Å². The average Bonchev–Trinajstić information content (AvgIpc) is 2.61. The predicted octanol–water partition coefficient (Wildman–Crippen LogP) is 3.59. The third-order valence-electron chi connectivity index (χ3n) is 6.20. The normalized spacial score (nSPS) is 31.0. The number of nitrogens with zero attached hydrogens (tertiary/aromatic N) is 2. The molecular weight excluding hydrogens is 396 g/mol. The number of rotatable bonds is 4. The Morgan fingerprint density at radius 2 is 0.857 bits per heavy atom. The summed E-state index contributed by atoms with van der Waals surface area (Å²) in [5, 5.41) is 0. The van der Waals surface area contributed by atoms with Crippen molar-refractivity contribution in [1.82, 2.24) is 8.61 Å². The summed E-state index contributed by atoms with van der Waals surface area (Å²) < 4.78 is 55.7. The summed E-state index contributed by atoms with van der Waals surface area (Å²) in [6.07, 6.45) is 5.44. The first-order valence-electron chi connectivity index (χ1n) is 10.2. The van der Waals surface area contributed by atoms with Crippen LogP contribution < -0.4 is 0 Å². The fraction of sp³-hybridized carbons (Fsp3) is 0.700. The van der Waals surface area contributed by atoms with Crippen LogP contribution in [-0.2, 0) is 20.0 Å². The van der Waals surface area contributed by atoms with Crippen molar-refractivity contribution in [3.05, 3.63) is 24.3 Å². The average molecular weight is 429 g/mol. The van der Waals surface area contributed by atoms with Gasteiger partial charge in [-0.05, 0) is 77.6 Å². The molecule has 158 valence electrons. The van der Waals surface area contributed by atoms with Gasteiger partial charge in [0.15, 0.2) is 0 Å². The van der Waals surface area contributed by atoms with Crippen molar-refractivity contribution in [1.29, 1.82) is 0 Å². The Morgan fingerprint density at radius 3 is 1.11 bits per heavy atom. The Labute approximate surface area is 170 Å². The van der Waals surface area contributed by atoms with Crippen molar-refractivity contribution in [3.63, 3.8) is 0 Å². The molecule has 0 amide bonds. The minimum Gasteiger partial charge on any atom is -0.207 e. The summed E-state index contributed by atoms with van der Waals surface area (Å²) in [6.45, 7) is 7.74. The van der Waals surface area contributed by atoms with E-state index >= 15 is 0 Å². The van der Waals surface area contributed by atoms with Crippen molar-refractivity contribution in [3.8, 4) is 0 Å². The molecule has 0 spiro atoms. The molecule has 1 aromatic rings. The minimum atomic E-state index is -3.64. The first kappa shape index (κ1) is 21.7. The van der Waals surface area contributed by atoms with Gasteiger partial charge in [-0.15, -0.1) is 0 Å². The van der Waals surface area contributed by atoms with E-state index in [0.29, 0.717) is 0 Å². The highest BCUT2D eigenvalue weighted by Gasteiger charge is 2.37. The van der Waals surface area contributed by atoms with Crippen LogP contribution in [0.25, 0.3) is 0 Å². The van der Waals surface area contributed by atoms with Gasteiger partial charge in [0.2, 0.25) is 20.0 Å². The highest BCUT2D eigenvalue weighted by Crippen LogP contribution is 2.32. The lowest BCUT2D eigenvalue weighted by Crippen LogP contribution is -2.47. The quantitative estimate of drug-likeness (QED) is 0.734. The Kier molecular flexibility index (Phi) is 6.25.